The van der Waals surface area contributed by atoms with Crippen molar-refractivity contribution in [3.05, 3.63) is 48.5 Å². The zero-order valence-corrected chi connectivity index (χ0v) is 11.8. The summed E-state index contributed by atoms with van der Waals surface area (Å²) in [6.07, 6.45) is 4.49. The van der Waals surface area contributed by atoms with Crippen LogP contribution >= 0.6 is 0 Å². The van der Waals surface area contributed by atoms with Crippen molar-refractivity contribution in [1.29, 1.82) is 0 Å². The van der Waals surface area contributed by atoms with Gasteiger partial charge in [0, 0.05) is 18.4 Å². The van der Waals surface area contributed by atoms with Crippen LogP contribution in [-0.2, 0) is 13.1 Å². The molecule has 0 aliphatic rings. The molecule has 0 saturated heterocycles. The lowest BCUT2D eigenvalue weighted by Gasteiger charge is -2.10. The Labute approximate surface area is 122 Å². The second kappa shape index (κ2) is 6.17. The Bertz CT molecular complexity index is 687. The molecule has 0 fully saturated rings. The molecule has 108 valence electrons. The summed E-state index contributed by atoms with van der Waals surface area (Å²) in [4.78, 5) is 0. The topological polar surface area (TPSA) is 73.5 Å². The smallest absolute Gasteiger partial charge is 0.143 e. The Morgan fingerprint density at radius 1 is 1.24 bits per heavy atom. The van der Waals surface area contributed by atoms with Crippen LogP contribution < -0.4 is 5.32 Å². The minimum absolute atomic E-state index is 0.735. The molecule has 1 N–H and O–H groups in total. The van der Waals surface area contributed by atoms with E-state index < -0.39 is 0 Å². The van der Waals surface area contributed by atoms with E-state index in [9.17, 15) is 0 Å². The first-order valence-corrected chi connectivity index (χ1v) is 6.95. The number of hydrogen-bond acceptors (Lipinski definition) is 5. The highest BCUT2D eigenvalue weighted by Gasteiger charge is 2.03. The van der Waals surface area contributed by atoms with E-state index in [2.05, 4.69) is 32.9 Å². The highest BCUT2D eigenvalue weighted by atomic mass is 15.5. The summed E-state index contributed by atoms with van der Waals surface area (Å²) in [5.74, 6) is 0. The van der Waals surface area contributed by atoms with E-state index in [1.54, 1.807) is 11.0 Å². The zero-order chi connectivity index (χ0) is 14.5. The molecule has 0 aliphatic heterocycles. The van der Waals surface area contributed by atoms with Gasteiger partial charge in [0.2, 0.25) is 0 Å². The molecule has 0 spiro atoms. The van der Waals surface area contributed by atoms with Gasteiger partial charge in [-0.1, -0.05) is 13.0 Å². The Morgan fingerprint density at radius 2 is 2.19 bits per heavy atom. The van der Waals surface area contributed by atoms with Gasteiger partial charge in [-0.25, -0.2) is 4.68 Å². The molecule has 21 heavy (non-hydrogen) atoms. The zero-order valence-electron chi connectivity index (χ0n) is 11.8. The molecular formula is C14H17N7. The summed E-state index contributed by atoms with van der Waals surface area (Å²) in [5.41, 5.74) is 3.11. The Balaban J connectivity index is 1.71. The number of nitrogens with one attached hydrogen (secondary N) is 1. The number of aromatic nitrogens is 6. The quantitative estimate of drug-likeness (QED) is 0.747. The lowest BCUT2D eigenvalue weighted by atomic mass is 10.2. The Morgan fingerprint density at radius 3 is 3.00 bits per heavy atom. The minimum Gasteiger partial charge on any atom is -0.379 e. The third-order valence-electron chi connectivity index (χ3n) is 3.17. The molecule has 0 amide bonds. The average Bonchev–Trinajstić information content (AvgIpc) is 3.18. The summed E-state index contributed by atoms with van der Waals surface area (Å²) in [7, 11) is 0. The molecule has 2 heterocycles. The first kappa shape index (κ1) is 13.3. The monoisotopic (exact) mass is 283 g/mol. The van der Waals surface area contributed by atoms with Crippen molar-refractivity contribution < 1.29 is 0 Å². The van der Waals surface area contributed by atoms with Crippen molar-refractivity contribution in [2.24, 2.45) is 0 Å². The van der Waals surface area contributed by atoms with Gasteiger partial charge in [-0.15, -0.1) is 5.10 Å². The van der Waals surface area contributed by atoms with Crippen LogP contribution in [0, 0.1) is 0 Å². The molecule has 1 aromatic carbocycles. The number of aryl methyl sites for hydroxylation is 1. The molecule has 0 radical (unpaired) electrons. The van der Waals surface area contributed by atoms with Gasteiger partial charge in [-0.2, -0.15) is 5.10 Å². The fraction of sp³-hybridized carbons (Fsp3) is 0.286. The van der Waals surface area contributed by atoms with Gasteiger partial charge >= 0.3 is 0 Å². The Hall–Kier alpha value is -2.70. The van der Waals surface area contributed by atoms with Crippen molar-refractivity contribution in [2.75, 3.05) is 5.32 Å². The minimum atomic E-state index is 0.735. The lowest BCUT2D eigenvalue weighted by molar-refractivity contribution is 0.578. The van der Waals surface area contributed by atoms with E-state index in [1.807, 2.05) is 41.2 Å². The highest BCUT2D eigenvalue weighted by Crippen LogP contribution is 2.14. The van der Waals surface area contributed by atoms with Gasteiger partial charge < -0.3 is 5.32 Å². The maximum absolute atomic E-state index is 4.32. The van der Waals surface area contributed by atoms with Gasteiger partial charge in [0.25, 0.3) is 0 Å². The van der Waals surface area contributed by atoms with Crippen LogP contribution in [0.5, 0.6) is 0 Å². The molecule has 0 bridgehead atoms. The van der Waals surface area contributed by atoms with Crippen LogP contribution in [0.4, 0.5) is 5.69 Å². The van der Waals surface area contributed by atoms with Crippen molar-refractivity contribution in [3.63, 3.8) is 0 Å². The third kappa shape index (κ3) is 3.07. The standard InChI is InChI=1S/C14H17N7/c1-2-8-20-14(6-7-17-20)10-15-12-4-3-5-13(9-12)21-11-16-18-19-21/h3-7,9,11,15H,2,8,10H2,1H3. The first-order chi connectivity index (χ1) is 10.4. The number of rotatable bonds is 6. The van der Waals surface area contributed by atoms with Crippen LogP contribution in [0.25, 0.3) is 5.69 Å². The van der Waals surface area contributed by atoms with Gasteiger partial charge in [-0.05, 0) is 41.1 Å². The summed E-state index contributed by atoms with van der Waals surface area (Å²) in [5, 5.41) is 18.9. The van der Waals surface area contributed by atoms with Crippen LogP contribution in [0.1, 0.15) is 19.0 Å². The predicted molar refractivity (Wildman–Crippen MR) is 79.0 cm³/mol. The second-order valence-corrected chi connectivity index (χ2v) is 4.70. The summed E-state index contributed by atoms with van der Waals surface area (Å²) < 4.78 is 3.66. The summed E-state index contributed by atoms with van der Waals surface area (Å²) in [6, 6.07) is 10.0. The third-order valence-corrected chi connectivity index (χ3v) is 3.17. The second-order valence-electron chi connectivity index (χ2n) is 4.70. The van der Waals surface area contributed by atoms with Crippen LogP contribution in [0.15, 0.2) is 42.9 Å². The largest absolute Gasteiger partial charge is 0.379 e. The fourth-order valence-electron chi connectivity index (χ4n) is 2.15. The van der Waals surface area contributed by atoms with Crippen LogP contribution in [0.3, 0.4) is 0 Å². The average molecular weight is 283 g/mol. The molecular weight excluding hydrogens is 266 g/mol. The highest BCUT2D eigenvalue weighted by molar-refractivity contribution is 5.50. The van der Waals surface area contributed by atoms with Crippen molar-refractivity contribution in [1.82, 2.24) is 30.0 Å². The molecule has 2 aromatic heterocycles. The van der Waals surface area contributed by atoms with Gasteiger partial charge in [0.1, 0.15) is 6.33 Å². The van der Waals surface area contributed by atoms with Crippen molar-refractivity contribution in [3.8, 4) is 5.69 Å². The number of nitrogens with zero attached hydrogens (tertiary/aromatic N) is 6. The molecule has 3 aromatic rings. The number of anilines is 1. The van der Waals surface area contributed by atoms with Gasteiger partial charge in [0.15, 0.2) is 0 Å². The number of tetrazole rings is 1. The van der Waals surface area contributed by atoms with E-state index in [-0.39, 0.29) is 0 Å². The van der Waals surface area contributed by atoms with E-state index in [4.69, 9.17) is 0 Å². The lowest BCUT2D eigenvalue weighted by Crippen LogP contribution is -2.09. The van der Waals surface area contributed by atoms with E-state index in [0.29, 0.717) is 0 Å². The predicted octanol–water partition coefficient (Wildman–Crippen LogP) is 1.88. The molecule has 0 unspecified atom stereocenters. The molecule has 0 aliphatic carbocycles. The molecule has 7 heteroatoms. The number of hydrogen-bond donors (Lipinski definition) is 1. The fourth-order valence-corrected chi connectivity index (χ4v) is 2.15. The van der Waals surface area contributed by atoms with Crippen molar-refractivity contribution in [2.45, 2.75) is 26.4 Å². The van der Waals surface area contributed by atoms with E-state index in [0.717, 1.165) is 30.9 Å². The van der Waals surface area contributed by atoms with Gasteiger partial charge in [0.05, 0.1) is 17.9 Å². The molecule has 0 atom stereocenters. The van der Waals surface area contributed by atoms with Crippen LogP contribution in [0.2, 0.25) is 0 Å². The van der Waals surface area contributed by atoms with Gasteiger partial charge in [-0.3, -0.25) is 4.68 Å². The molecule has 0 saturated carbocycles. The molecule has 3 rings (SSSR count). The van der Waals surface area contributed by atoms with E-state index >= 15 is 0 Å². The summed E-state index contributed by atoms with van der Waals surface area (Å²) in [6.45, 7) is 3.82. The maximum Gasteiger partial charge on any atom is 0.143 e. The van der Waals surface area contributed by atoms with Crippen LogP contribution in [-0.4, -0.2) is 30.0 Å². The maximum atomic E-state index is 4.32. The SMILES string of the molecule is CCCn1nccc1CNc1cccc(-n2cnnn2)c1. The molecule has 7 nitrogen and oxygen atoms in total. The van der Waals surface area contributed by atoms with E-state index in [1.165, 1.54) is 5.69 Å². The normalized spacial score (nSPS) is 10.7. The summed E-state index contributed by atoms with van der Waals surface area (Å²) >= 11 is 0. The van der Waals surface area contributed by atoms with Crippen molar-refractivity contribution >= 4 is 5.69 Å². The first-order valence-electron chi connectivity index (χ1n) is 6.95. The number of benzene rings is 1. The Kier molecular flexibility index (Phi) is 3.90.